The van der Waals surface area contributed by atoms with Crippen LogP contribution in [0.15, 0.2) is 6.20 Å². The van der Waals surface area contributed by atoms with E-state index in [0.29, 0.717) is 18.1 Å². The van der Waals surface area contributed by atoms with Crippen molar-refractivity contribution in [3.8, 4) is 0 Å². The molecular formula is C9H13N3O. The number of aromatic nitrogens is 3. The van der Waals surface area contributed by atoms with Crippen LogP contribution in [-0.4, -0.2) is 20.8 Å². The SMILES string of the molecule is Cn1cc(CC(=O)C2CCC2)nn1. The maximum atomic E-state index is 11.5. The molecule has 0 aliphatic heterocycles. The van der Waals surface area contributed by atoms with Crippen LogP contribution in [0.3, 0.4) is 0 Å². The Morgan fingerprint density at radius 2 is 2.46 bits per heavy atom. The molecule has 0 unspecified atom stereocenters. The number of Topliss-reactive ketones (excluding diaryl/α,β-unsaturated/α-hetero) is 1. The van der Waals surface area contributed by atoms with E-state index in [9.17, 15) is 4.79 Å². The Labute approximate surface area is 76.9 Å². The maximum absolute atomic E-state index is 11.5. The highest BCUT2D eigenvalue weighted by atomic mass is 16.1. The van der Waals surface area contributed by atoms with Gasteiger partial charge in [0.05, 0.1) is 12.1 Å². The van der Waals surface area contributed by atoms with Crippen LogP contribution < -0.4 is 0 Å². The molecule has 1 aliphatic rings. The van der Waals surface area contributed by atoms with Crippen molar-refractivity contribution in [3.63, 3.8) is 0 Å². The molecular weight excluding hydrogens is 166 g/mol. The quantitative estimate of drug-likeness (QED) is 0.687. The van der Waals surface area contributed by atoms with Crippen LogP contribution in [0.4, 0.5) is 0 Å². The summed E-state index contributed by atoms with van der Waals surface area (Å²) >= 11 is 0. The Balaban J connectivity index is 1.93. The van der Waals surface area contributed by atoms with Gasteiger partial charge in [0.2, 0.25) is 0 Å². The average molecular weight is 179 g/mol. The number of carbonyl (C=O) groups excluding carboxylic acids is 1. The predicted molar refractivity (Wildman–Crippen MR) is 47.1 cm³/mol. The van der Waals surface area contributed by atoms with E-state index in [1.54, 1.807) is 10.9 Å². The van der Waals surface area contributed by atoms with Crippen molar-refractivity contribution in [3.05, 3.63) is 11.9 Å². The van der Waals surface area contributed by atoms with Gasteiger partial charge in [0.15, 0.2) is 0 Å². The molecule has 0 atom stereocenters. The first kappa shape index (κ1) is 8.41. The minimum atomic E-state index is 0.307. The minimum Gasteiger partial charge on any atom is -0.299 e. The Hall–Kier alpha value is -1.19. The van der Waals surface area contributed by atoms with Gasteiger partial charge in [-0.2, -0.15) is 0 Å². The molecule has 0 spiro atoms. The largest absolute Gasteiger partial charge is 0.299 e. The second kappa shape index (κ2) is 3.28. The van der Waals surface area contributed by atoms with Crippen molar-refractivity contribution in [1.82, 2.24) is 15.0 Å². The minimum absolute atomic E-state index is 0.307. The normalized spacial score (nSPS) is 17.0. The van der Waals surface area contributed by atoms with Gasteiger partial charge in [0.25, 0.3) is 0 Å². The highest BCUT2D eigenvalue weighted by Gasteiger charge is 2.25. The van der Waals surface area contributed by atoms with Crippen LogP contribution in [0.2, 0.25) is 0 Å². The molecule has 0 N–H and O–H groups in total. The van der Waals surface area contributed by atoms with Gasteiger partial charge in [-0.25, -0.2) is 0 Å². The van der Waals surface area contributed by atoms with Crippen LogP contribution >= 0.6 is 0 Å². The molecule has 1 aromatic heterocycles. The molecule has 13 heavy (non-hydrogen) atoms. The third-order valence-electron chi connectivity index (χ3n) is 2.57. The molecule has 4 nitrogen and oxygen atoms in total. The summed E-state index contributed by atoms with van der Waals surface area (Å²) in [6.07, 6.45) is 5.60. The van der Waals surface area contributed by atoms with Gasteiger partial charge >= 0.3 is 0 Å². The van der Waals surface area contributed by atoms with Gasteiger partial charge in [0, 0.05) is 19.2 Å². The Morgan fingerprint density at radius 3 is 2.92 bits per heavy atom. The molecule has 70 valence electrons. The lowest BCUT2D eigenvalue weighted by Gasteiger charge is -2.23. The third-order valence-corrected chi connectivity index (χ3v) is 2.57. The first-order chi connectivity index (χ1) is 6.25. The fourth-order valence-corrected chi connectivity index (χ4v) is 1.53. The zero-order valence-electron chi connectivity index (χ0n) is 7.73. The molecule has 4 heteroatoms. The monoisotopic (exact) mass is 179 g/mol. The highest BCUT2D eigenvalue weighted by Crippen LogP contribution is 2.27. The molecule has 0 saturated heterocycles. The Morgan fingerprint density at radius 1 is 1.69 bits per heavy atom. The molecule has 1 saturated carbocycles. The molecule has 0 amide bonds. The van der Waals surface area contributed by atoms with Crippen LogP contribution in [0.5, 0.6) is 0 Å². The smallest absolute Gasteiger partial charge is 0.142 e. The van der Waals surface area contributed by atoms with Gasteiger partial charge in [-0.3, -0.25) is 9.48 Å². The zero-order valence-corrected chi connectivity index (χ0v) is 7.73. The van der Waals surface area contributed by atoms with E-state index >= 15 is 0 Å². The predicted octanol–water partition coefficient (Wildman–Crippen LogP) is 0.727. The number of carbonyl (C=O) groups is 1. The Bertz CT molecular complexity index is 314. The summed E-state index contributed by atoms with van der Waals surface area (Å²) < 4.78 is 1.63. The second-order valence-electron chi connectivity index (χ2n) is 3.65. The van der Waals surface area contributed by atoms with Gasteiger partial charge in [-0.1, -0.05) is 11.6 Å². The lowest BCUT2D eigenvalue weighted by molar-refractivity contribution is -0.124. The van der Waals surface area contributed by atoms with Gasteiger partial charge in [0.1, 0.15) is 5.78 Å². The van der Waals surface area contributed by atoms with E-state index in [1.807, 2.05) is 7.05 Å². The molecule has 1 heterocycles. The van der Waals surface area contributed by atoms with Crippen LogP contribution in [0.1, 0.15) is 25.0 Å². The van der Waals surface area contributed by atoms with Crippen LogP contribution in [-0.2, 0) is 18.3 Å². The average Bonchev–Trinajstić information content (AvgIpc) is 2.31. The molecule has 0 radical (unpaired) electrons. The van der Waals surface area contributed by atoms with Gasteiger partial charge in [-0.05, 0) is 12.8 Å². The lowest BCUT2D eigenvalue weighted by atomic mass is 9.81. The molecule has 0 aromatic carbocycles. The standard InChI is InChI=1S/C9H13N3O/c1-12-6-8(10-11-12)5-9(13)7-3-2-4-7/h6-7H,2-5H2,1H3. The lowest BCUT2D eigenvalue weighted by Crippen LogP contribution is -2.23. The van der Waals surface area contributed by atoms with Crippen LogP contribution in [0.25, 0.3) is 0 Å². The summed E-state index contributed by atoms with van der Waals surface area (Å²) in [7, 11) is 1.81. The van der Waals surface area contributed by atoms with Gasteiger partial charge in [-0.15, -0.1) is 5.10 Å². The van der Waals surface area contributed by atoms with Crippen LogP contribution in [0, 0.1) is 5.92 Å². The summed E-state index contributed by atoms with van der Waals surface area (Å²) in [5.41, 5.74) is 0.791. The van der Waals surface area contributed by atoms with Crippen molar-refractivity contribution < 1.29 is 4.79 Å². The molecule has 2 rings (SSSR count). The summed E-state index contributed by atoms with van der Waals surface area (Å²) in [5.74, 6) is 0.633. The van der Waals surface area contributed by atoms with E-state index in [0.717, 1.165) is 18.5 Å². The Kier molecular flexibility index (Phi) is 2.12. The fraction of sp³-hybridized carbons (Fsp3) is 0.667. The van der Waals surface area contributed by atoms with Crippen molar-refractivity contribution in [2.45, 2.75) is 25.7 Å². The number of nitrogens with zero attached hydrogens (tertiary/aromatic N) is 3. The molecule has 0 bridgehead atoms. The summed E-state index contributed by atoms with van der Waals surface area (Å²) in [5, 5.41) is 7.68. The van der Waals surface area contributed by atoms with E-state index in [4.69, 9.17) is 0 Å². The van der Waals surface area contributed by atoms with Crippen molar-refractivity contribution in [2.24, 2.45) is 13.0 Å². The number of aryl methyl sites for hydroxylation is 1. The topological polar surface area (TPSA) is 47.8 Å². The second-order valence-corrected chi connectivity index (χ2v) is 3.65. The number of hydrogen-bond acceptors (Lipinski definition) is 3. The molecule has 1 aliphatic carbocycles. The van der Waals surface area contributed by atoms with Crippen molar-refractivity contribution >= 4 is 5.78 Å². The summed E-state index contributed by atoms with van der Waals surface area (Å²) in [6, 6.07) is 0. The highest BCUT2D eigenvalue weighted by molar-refractivity contribution is 5.83. The van der Waals surface area contributed by atoms with E-state index in [2.05, 4.69) is 10.3 Å². The van der Waals surface area contributed by atoms with Crippen molar-refractivity contribution in [2.75, 3.05) is 0 Å². The molecule has 1 aromatic rings. The van der Waals surface area contributed by atoms with E-state index < -0.39 is 0 Å². The van der Waals surface area contributed by atoms with Crippen molar-refractivity contribution in [1.29, 1.82) is 0 Å². The summed E-state index contributed by atoms with van der Waals surface area (Å²) in [6.45, 7) is 0. The summed E-state index contributed by atoms with van der Waals surface area (Å²) in [4.78, 5) is 11.5. The third kappa shape index (κ3) is 1.76. The number of rotatable bonds is 3. The fourth-order valence-electron chi connectivity index (χ4n) is 1.53. The van der Waals surface area contributed by atoms with Gasteiger partial charge < -0.3 is 0 Å². The van der Waals surface area contributed by atoms with E-state index in [-0.39, 0.29) is 0 Å². The first-order valence-electron chi connectivity index (χ1n) is 4.63. The number of hydrogen-bond donors (Lipinski definition) is 0. The van der Waals surface area contributed by atoms with E-state index in [1.165, 1.54) is 6.42 Å². The first-order valence-corrected chi connectivity index (χ1v) is 4.63. The molecule has 1 fully saturated rings. The number of ketones is 1. The zero-order chi connectivity index (χ0) is 9.26. The maximum Gasteiger partial charge on any atom is 0.142 e.